The van der Waals surface area contributed by atoms with E-state index < -0.39 is 0 Å². The lowest BCUT2D eigenvalue weighted by Crippen LogP contribution is -2.61. The third-order valence-electron chi connectivity index (χ3n) is 7.04. The van der Waals surface area contributed by atoms with Crippen molar-refractivity contribution in [3.63, 3.8) is 0 Å². The summed E-state index contributed by atoms with van der Waals surface area (Å²) in [7, 11) is 0. The number of quaternary nitrogens is 1. The van der Waals surface area contributed by atoms with Crippen LogP contribution in [0.25, 0.3) is 10.2 Å². The van der Waals surface area contributed by atoms with Gasteiger partial charge < -0.3 is 14.5 Å². The number of likely N-dealkylation sites (tertiary alicyclic amines) is 1. The van der Waals surface area contributed by atoms with Gasteiger partial charge in [-0.2, -0.15) is 0 Å². The van der Waals surface area contributed by atoms with Crippen molar-refractivity contribution in [2.75, 3.05) is 32.7 Å². The summed E-state index contributed by atoms with van der Waals surface area (Å²) in [6.45, 7) is 6.43. The summed E-state index contributed by atoms with van der Waals surface area (Å²) in [4.78, 5) is 4.58. The molecular weight excluding hydrogens is 390 g/mol. The van der Waals surface area contributed by atoms with Crippen LogP contribution in [0.1, 0.15) is 37.7 Å². The third kappa shape index (κ3) is 4.39. The fourth-order valence-corrected chi connectivity index (χ4v) is 6.17. The highest BCUT2D eigenvalue weighted by Crippen LogP contribution is 2.32. The molecule has 2 fully saturated rings. The highest BCUT2D eigenvalue weighted by molar-refractivity contribution is 7.20. The minimum absolute atomic E-state index is 0.715. The SMILES string of the molecule is c1ccc2sc(Oc3ccc(CC[N+]4(C5CCNCC5)CCCCC4)cc3)nc2c1. The number of hydrogen-bond donors (Lipinski definition) is 1. The first-order valence-corrected chi connectivity index (χ1v) is 12.3. The molecule has 0 bridgehead atoms. The molecule has 0 aliphatic carbocycles. The Hall–Kier alpha value is -1.95. The zero-order valence-corrected chi connectivity index (χ0v) is 18.5. The number of nitrogens with zero attached hydrogens (tertiary/aromatic N) is 2. The van der Waals surface area contributed by atoms with Crippen LogP contribution in [0.4, 0.5) is 0 Å². The van der Waals surface area contributed by atoms with Gasteiger partial charge in [0.25, 0.3) is 5.19 Å². The molecule has 0 unspecified atom stereocenters. The maximum absolute atomic E-state index is 6.02. The molecule has 2 aliphatic rings. The molecule has 0 amide bonds. The molecule has 0 spiro atoms. The number of fused-ring (bicyclic) bond motifs is 1. The van der Waals surface area contributed by atoms with Gasteiger partial charge in [0.1, 0.15) is 5.75 Å². The van der Waals surface area contributed by atoms with Gasteiger partial charge in [-0.15, -0.1) is 0 Å². The predicted octanol–water partition coefficient (Wildman–Crippen LogP) is 5.38. The lowest BCUT2D eigenvalue weighted by molar-refractivity contribution is -0.956. The lowest BCUT2D eigenvalue weighted by atomic mass is 9.95. The van der Waals surface area contributed by atoms with Crippen LogP contribution in [-0.4, -0.2) is 48.2 Å². The number of ether oxygens (including phenoxy) is 1. The van der Waals surface area contributed by atoms with E-state index in [2.05, 4.69) is 40.6 Å². The smallest absolute Gasteiger partial charge is 0.279 e. The van der Waals surface area contributed by atoms with Gasteiger partial charge in [0.15, 0.2) is 0 Å². The Kier molecular flexibility index (Phi) is 6.02. The number of para-hydroxylation sites is 1. The first-order valence-electron chi connectivity index (χ1n) is 11.5. The summed E-state index contributed by atoms with van der Waals surface area (Å²) in [5.41, 5.74) is 2.42. The lowest BCUT2D eigenvalue weighted by Gasteiger charge is -2.49. The van der Waals surface area contributed by atoms with Gasteiger partial charge in [0.2, 0.25) is 0 Å². The highest BCUT2D eigenvalue weighted by atomic mass is 32.1. The van der Waals surface area contributed by atoms with Crippen LogP contribution >= 0.6 is 11.3 Å². The average molecular weight is 423 g/mol. The van der Waals surface area contributed by atoms with Crippen molar-refractivity contribution in [3.05, 3.63) is 54.1 Å². The maximum Gasteiger partial charge on any atom is 0.279 e. The Morgan fingerprint density at radius 3 is 2.50 bits per heavy atom. The molecule has 1 aromatic heterocycles. The fraction of sp³-hybridized carbons (Fsp3) is 0.480. The molecule has 30 heavy (non-hydrogen) atoms. The Bertz CT molecular complexity index is 923. The Balaban J connectivity index is 1.23. The van der Waals surface area contributed by atoms with E-state index >= 15 is 0 Å². The molecule has 2 aromatic carbocycles. The molecule has 0 radical (unpaired) electrons. The van der Waals surface area contributed by atoms with Crippen molar-refractivity contribution in [3.8, 4) is 10.9 Å². The van der Waals surface area contributed by atoms with E-state index in [0.29, 0.717) is 5.19 Å². The average Bonchev–Trinajstić information content (AvgIpc) is 3.22. The van der Waals surface area contributed by atoms with E-state index in [1.807, 2.05) is 18.2 Å². The van der Waals surface area contributed by atoms with Crippen LogP contribution in [0.3, 0.4) is 0 Å². The normalized spacial score (nSPS) is 19.7. The summed E-state index contributed by atoms with van der Waals surface area (Å²) in [6, 6.07) is 17.7. The summed E-state index contributed by atoms with van der Waals surface area (Å²) in [5.74, 6) is 0.873. The van der Waals surface area contributed by atoms with Gasteiger partial charge in [0.05, 0.1) is 35.9 Å². The molecule has 0 atom stereocenters. The monoisotopic (exact) mass is 422 g/mol. The summed E-state index contributed by atoms with van der Waals surface area (Å²) in [5, 5.41) is 4.27. The molecule has 2 saturated heterocycles. The zero-order chi connectivity index (χ0) is 20.2. The number of piperidine rings is 2. The largest absolute Gasteiger partial charge is 0.431 e. The van der Waals surface area contributed by atoms with Crippen LogP contribution in [0.2, 0.25) is 0 Å². The number of nitrogens with one attached hydrogen (secondary N) is 1. The van der Waals surface area contributed by atoms with Gasteiger partial charge in [-0.3, -0.25) is 0 Å². The highest BCUT2D eigenvalue weighted by Gasteiger charge is 2.38. The first-order chi connectivity index (χ1) is 14.8. The summed E-state index contributed by atoms with van der Waals surface area (Å²) in [6.07, 6.45) is 8.07. The van der Waals surface area contributed by atoms with Crippen molar-refractivity contribution < 1.29 is 9.22 Å². The molecule has 2 aliphatic heterocycles. The van der Waals surface area contributed by atoms with Crippen molar-refractivity contribution in [1.82, 2.24) is 10.3 Å². The Morgan fingerprint density at radius 2 is 1.73 bits per heavy atom. The van der Waals surface area contributed by atoms with Crippen LogP contribution < -0.4 is 10.1 Å². The van der Waals surface area contributed by atoms with Crippen molar-refractivity contribution in [1.29, 1.82) is 0 Å². The molecule has 0 saturated carbocycles. The van der Waals surface area contributed by atoms with Gasteiger partial charge >= 0.3 is 0 Å². The predicted molar refractivity (Wildman–Crippen MR) is 124 cm³/mol. The van der Waals surface area contributed by atoms with E-state index in [9.17, 15) is 0 Å². The Morgan fingerprint density at radius 1 is 0.967 bits per heavy atom. The molecule has 5 rings (SSSR count). The minimum atomic E-state index is 0.715. The topological polar surface area (TPSA) is 34.1 Å². The maximum atomic E-state index is 6.02. The van der Waals surface area contributed by atoms with Crippen LogP contribution in [-0.2, 0) is 6.42 Å². The van der Waals surface area contributed by atoms with Gasteiger partial charge in [-0.25, -0.2) is 4.98 Å². The second-order valence-electron chi connectivity index (χ2n) is 8.87. The van der Waals surface area contributed by atoms with E-state index in [1.54, 1.807) is 11.3 Å². The van der Waals surface area contributed by atoms with Gasteiger partial charge in [-0.1, -0.05) is 35.6 Å². The minimum Gasteiger partial charge on any atom is -0.431 e. The number of aromatic nitrogens is 1. The van der Waals surface area contributed by atoms with E-state index in [-0.39, 0.29) is 0 Å². The van der Waals surface area contributed by atoms with Gasteiger partial charge in [-0.05, 0) is 49.1 Å². The van der Waals surface area contributed by atoms with E-state index in [4.69, 9.17) is 4.74 Å². The first kappa shape index (κ1) is 20.0. The molecular formula is C25H32N3OS+. The van der Waals surface area contributed by atoms with Gasteiger partial charge in [0, 0.05) is 32.4 Å². The molecule has 3 aromatic rings. The third-order valence-corrected chi connectivity index (χ3v) is 7.95. The quantitative estimate of drug-likeness (QED) is 0.541. The second kappa shape index (κ2) is 9.04. The summed E-state index contributed by atoms with van der Waals surface area (Å²) < 4.78 is 8.54. The number of thiazole rings is 1. The molecule has 5 heteroatoms. The number of hydrogen-bond acceptors (Lipinski definition) is 4. The van der Waals surface area contributed by atoms with Crippen molar-refractivity contribution >= 4 is 21.6 Å². The van der Waals surface area contributed by atoms with Crippen molar-refractivity contribution in [2.45, 2.75) is 44.6 Å². The van der Waals surface area contributed by atoms with Crippen LogP contribution in [0, 0.1) is 0 Å². The van der Waals surface area contributed by atoms with E-state index in [1.165, 1.54) is 74.9 Å². The molecule has 4 nitrogen and oxygen atoms in total. The number of benzene rings is 2. The molecule has 158 valence electrons. The second-order valence-corrected chi connectivity index (χ2v) is 9.87. The number of rotatable bonds is 6. The van der Waals surface area contributed by atoms with Crippen LogP contribution in [0.15, 0.2) is 48.5 Å². The van der Waals surface area contributed by atoms with Crippen LogP contribution in [0.5, 0.6) is 10.9 Å². The van der Waals surface area contributed by atoms with Crippen molar-refractivity contribution in [2.24, 2.45) is 0 Å². The van der Waals surface area contributed by atoms with E-state index in [0.717, 1.165) is 28.4 Å². The Labute approximate surface area is 183 Å². The standard InChI is InChI=1S/C25H32N3OS/c1-4-17-28(18-5-1,21-12-15-26-16-13-21)19-14-20-8-10-22(11-9-20)29-25-27-23-6-2-3-7-24(23)30-25/h2-3,6-11,21,26H,1,4-5,12-19H2/q+1. The molecule has 3 heterocycles. The zero-order valence-electron chi connectivity index (χ0n) is 17.7. The fourth-order valence-electron chi connectivity index (χ4n) is 5.34. The summed E-state index contributed by atoms with van der Waals surface area (Å²) >= 11 is 1.60. The molecule has 1 N–H and O–H groups in total.